The standard InChI is InChI=1S/C19H20N4O3/c24-19(18-5-2-11-25-18)23-8-3-7-22(9-10-23)14-16-12-17(21-26-16)15-4-1-6-20-13-15/h1-2,4-6,11-13H,3,7-10,14H2. The third-order valence-corrected chi connectivity index (χ3v) is 4.50. The van der Waals surface area contributed by atoms with Gasteiger partial charge < -0.3 is 13.8 Å². The van der Waals surface area contributed by atoms with Crippen LogP contribution in [0.4, 0.5) is 0 Å². The Balaban J connectivity index is 1.36. The Morgan fingerprint density at radius 2 is 2.12 bits per heavy atom. The van der Waals surface area contributed by atoms with Gasteiger partial charge in [0.05, 0.1) is 12.8 Å². The molecule has 0 atom stereocenters. The van der Waals surface area contributed by atoms with Crippen molar-refractivity contribution in [2.75, 3.05) is 26.2 Å². The van der Waals surface area contributed by atoms with Crippen molar-refractivity contribution in [3.8, 4) is 11.3 Å². The number of aromatic nitrogens is 2. The summed E-state index contributed by atoms with van der Waals surface area (Å²) < 4.78 is 10.7. The number of furan rings is 1. The third kappa shape index (κ3) is 3.67. The van der Waals surface area contributed by atoms with Gasteiger partial charge in [-0.1, -0.05) is 5.16 Å². The Bertz CT molecular complexity index is 845. The lowest BCUT2D eigenvalue weighted by atomic mass is 10.2. The van der Waals surface area contributed by atoms with E-state index in [1.165, 1.54) is 6.26 Å². The molecular formula is C19H20N4O3. The van der Waals surface area contributed by atoms with Gasteiger partial charge in [0.25, 0.3) is 5.91 Å². The molecule has 0 saturated carbocycles. The second-order valence-corrected chi connectivity index (χ2v) is 6.32. The van der Waals surface area contributed by atoms with E-state index in [0.717, 1.165) is 43.1 Å². The maximum Gasteiger partial charge on any atom is 0.289 e. The van der Waals surface area contributed by atoms with Crippen molar-refractivity contribution in [1.82, 2.24) is 19.9 Å². The predicted octanol–water partition coefficient (Wildman–Crippen LogP) is 2.68. The molecule has 134 valence electrons. The van der Waals surface area contributed by atoms with E-state index in [2.05, 4.69) is 15.0 Å². The zero-order valence-corrected chi connectivity index (χ0v) is 14.4. The molecule has 1 fully saturated rings. The van der Waals surface area contributed by atoms with Crippen molar-refractivity contribution < 1.29 is 13.7 Å². The van der Waals surface area contributed by atoms with Crippen molar-refractivity contribution in [2.45, 2.75) is 13.0 Å². The minimum atomic E-state index is -0.0459. The van der Waals surface area contributed by atoms with E-state index < -0.39 is 0 Å². The first kappa shape index (κ1) is 16.5. The zero-order valence-electron chi connectivity index (χ0n) is 14.4. The van der Waals surface area contributed by atoms with Crippen LogP contribution in [0.5, 0.6) is 0 Å². The van der Waals surface area contributed by atoms with Gasteiger partial charge in [-0.2, -0.15) is 0 Å². The first-order valence-electron chi connectivity index (χ1n) is 8.71. The lowest BCUT2D eigenvalue weighted by Gasteiger charge is -2.20. The van der Waals surface area contributed by atoms with Gasteiger partial charge in [-0.25, -0.2) is 0 Å². The van der Waals surface area contributed by atoms with Gasteiger partial charge in [0.1, 0.15) is 5.69 Å². The Morgan fingerprint density at radius 1 is 1.15 bits per heavy atom. The summed E-state index contributed by atoms with van der Waals surface area (Å²) in [7, 11) is 0. The third-order valence-electron chi connectivity index (χ3n) is 4.50. The van der Waals surface area contributed by atoms with Gasteiger partial charge in [0.2, 0.25) is 0 Å². The SMILES string of the molecule is O=C(c1ccco1)N1CCCN(Cc2cc(-c3cccnc3)no2)CC1. The molecule has 4 heterocycles. The van der Waals surface area contributed by atoms with Crippen LogP contribution in [-0.4, -0.2) is 52.0 Å². The molecule has 4 rings (SSSR count). The first-order valence-corrected chi connectivity index (χ1v) is 8.71. The average Bonchev–Trinajstić information content (AvgIpc) is 3.31. The van der Waals surface area contributed by atoms with Gasteiger partial charge in [-0.15, -0.1) is 0 Å². The number of amides is 1. The maximum absolute atomic E-state index is 12.4. The molecule has 7 heteroatoms. The van der Waals surface area contributed by atoms with E-state index >= 15 is 0 Å². The molecule has 0 N–H and O–H groups in total. The van der Waals surface area contributed by atoms with Crippen molar-refractivity contribution in [1.29, 1.82) is 0 Å². The monoisotopic (exact) mass is 352 g/mol. The summed E-state index contributed by atoms with van der Waals surface area (Å²) in [6.45, 7) is 3.77. The van der Waals surface area contributed by atoms with E-state index in [9.17, 15) is 4.79 Å². The van der Waals surface area contributed by atoms with Gasteiger partial charge in [0, 0.05) is 50.2 Å². The number of pyridine rings is 1. The molecule has 26 heavy (non-hydrogen) atoms. The Labute approximate surface area is 151 Å². The van der Waals surface area contributed by atoms with Crippen LogP contribution in [0, 0.1) is 0 Å². The molecule has 3 aromatic heterocycles. The highest BCUT2D eigenvalue weighted by atomic mass is 16.5. The van der Waals surface area contributed by atoms with Crippen LogP contribution in [0.25, 0.3) is 11.3 Å². The molecule has 1 amide bonds. The fourth-order valence-corrected chi connectivity index (χ4v) is 3.15. The van der Waals surface area contributed by atoms with E-state index in [0.29, 0.717) is 18.8 Å². The number of nitrogens with zero attached hydrogens (tertiary/aromatic N) is 4. The molecule has 0 bridgehead atoms. The summed E-state index contributed by atoms with van der Waals surface area (Å²) in [6, 6.07) is 9.23. The van der Waals surface area contributed by atoms with Gasteiger partial charge >= 0.3 is 0 Å². The summed E-state index contributed by atoms with van der Waals surface area (Å²) in [5.74, 6) is 1.17. The first-order chi connectivity index (χ1) is 12.8. The molecule has 1 saturated heterocycles. The van der Waals surface area contributed by atoms with Crippen molar-refractivity contribution in [3.63, 3.8) is 0 Å². The summed E-state index contributed by atoms with van der Waals surface area (Å²) in [5, 5.41) is 4.13. The van der Waals surface area contributed by atoms with E-state index in [-0.39, 0.29) is 5.91 Å². The number of hydrogen-bond donors (Lipinski definition) is 0. The maximum atomic E-state index is 12.4. The lowest BCUT2D eigenvalue weighted by Crippen LogP contribution is -2.34. The molecule has 0 radical (unpaired) electrons. The van der Waals surface area contributed by atoms with Crippen LogP contribution in [0.2, 0.25) is 0 Å². The number of carbonyl (C=O) groups is 1. The molecule has 1 aliphatic rings. The highest BCUT2D eigenvalue weighted by Gasteiger charge is 2.22. The van der Waals surface area contributed by atoms with Crippen LogP contribution in [-0.2, 0) is 6.54 Å². The normalized spacial score (nSPS) is 15.8. The average molecular weight is 352 g/mol. The van der Waals surface area contributed by atoms with Crippen molar-refractivity contribution >= 4 is 5.91 Å². The van der Waals surface area contributed by atoms with Crippen molar-refractivity contribution in [2.24, 2.45) is 0 Å². The minimum absolute atomic E-state index is 0.0459. The molecule has 0 aliphatic carbocycles. The van der Waals surface area contributed by atoms with E-state index in [4.69, 9.17) is 8.94 Å². The molecule has 1 aliphatic heterocycles. The number of hydrogen-bond acceptors (Lipinski definition) is 6. The van der Waals surface area contributed by atoms with Crippen LogP contribution in [0.1, 0.15) is 22.7 Å². The molecule has 3 aromatic rings. The van der Waals surface area contributed by atoms with Crippen LogP contribution in [0.15, 0.2) is 57.9 Å². The molecular weight excluding hydrogens is 332 g/mol. The second kappa shape index (κ2) is 7.53. The fourth-order valence-electron chi connectivity index (χ4n) is 3.15. The molecule has 0 unspecified atom stereocenters. The van der Waals surface area contributed by atoms with Crippen molar-refractivity contribution in [3.05, 3.63) is 60.5 Å². The molecule has 0 spiro atoms. The zero-order chi connectivity index (χ0) is 17.8. The summed E-state index contributed by atoms with van der Waals surface area (Å²) >= 11 is 0. The summed E-state index contributed by atoms with van der Waals surface area (Å²) in [5.41, 5.74) is 1.73. The predicted molar refractivity (Wildman–Crippen MR) is 94.2 cm³/mol. The summed E-state index contributed by atoms with van der Waals surface area (Å²) in [6.07, 6.45) is 5.94. The Hall–Kier alpha value is -2.93. The Kier molecular flexibility index (Phi) is 4.79. The minimum Gasteiger partial charge on any atom is -0.459 e. The van der Waals surface area contributed by atoms with E-state index in [1.807, 2.05) is 23.1 Å². The molecule has 0 aromatic carbocycles. The fraction of sp³-hybridized carbons (Fsp3) is 0.316. The summed E-state index contributed by atoms with van der Waals surface area (Å²) in [4.78, 5) is 20.7. The van der Waals surface area contributed by atoms with Gasteiger partial charge in [-0.05, 0) is 30.7 Å². The van der Waals surface area contributed by atoms with E-state index in [1.54, 1.807) is 24.5 Å². The van der Waals surface area contributed by atoms with Crippen LogP contribution in [0.3, 0.4) is 0 Å². The number of rotatable bonds is 4. The Morgan fingerprint density at radius 3 is 2.92 bits per heavy atom. The number of carbonyl (C=O) groups excluding carboxylic acids is 1. The molecule has 7 nitrogen and oxygen atoms in total. The van der Waals surface area contributed by atoms with Crippen LogP contribution < -0.4 is 0 Å². The largest absolute Gasteiger partial charge is 0.459 e. The lowest BCUT2D eigenvalue weighted by molar-refractivity contribution is 0.0728. The smallest absolute Gasteiger partial charge is 0.289 e. The van der Waals surface area contributed by atoms with Crippen LogP contribution >= 0.6 is 0 Å². The quantitative estimate of drug-likeness (QED) is 0.719. The highest BCUT2D eigenvalue weighted by molar-refractivity contribution is 5.91. The van der Waals surface area contributed by atoms with Gasteiger partial charge in [0.15, 0.2) is 11.5 Å². The highest BCUT2D eigenvalue weighted by Crippen LogP contribution is 2.19. The second-order valence-electron chi connectivity index (χ2n) is 6.32. The topological polar surface area (TPSA) is 75.6 Å². The van der Waals surface area contributed by atoms with Gasteiger partial charge in [-0.3, -0.25) is 14.7 Å².